The van der Waals surface area contributed by atoms with Crippen molar-refractivity contribution in [3.8, 4) is 22.4 Å². The van der Waals surface area contributed by atoms with Crippen LogP contribution in [0.3, 0.4) is 0 Å². The number of carbonyl (C=O) groups is 1. The van der Waals surface area contributed by atoms with Crippen molar-refractivity contribution in [1.29, 1.82) is 0 Å². The number of pyridine rings is 1. The smallest absolute Gasteiger partial charge is 0.290 e. The molecule has 7 nitrogen and oxygen atoms in total. The van der Waals surface area contributed by atoms with Gasteiger partial charge in [-0.25, -0.2) is 17.8 Å². The van der Waals surface area contributed by atoms with Crippen LogP contribution in [0.15, 0.2) is 73.1 Å². The molecular formula is C21H18FN3O4S. The van der Waals surface area contributed by atoms with Crippen molar-refractivity contribution in [2.24, 2.45) is 0 Å². The Kier molecular flexibility index (Phi) is 6.12. The van der Waals surface area contributed by atoms with E-state index in [-0.39, 0.29) is 12.3 Å². The first-order valence-corrected chi connectivity index (χ1v) is 10.6. The van der Waals surface area contributed by atoms with Crippen molar-refractivity contribution >= 4 is 27.8 Å². The van der Waals surface area contributed by atoms with Crippen LogP contribution in [0.5, 0.6) is 0 Å². The largest absolute Gasteiger partial charge is 0.483 e. The number of imidazole rings is 1. The number of carboxylic acid groups (broad SMARTS) is 1. The maximum atomic E-state index is 13.1. The summed E-state index contributed by atoms with van der Waals surface area (Å²) in [4.78, 5) is 12.8. The van der Waals surface area contributed by atoms with Gasteiger partial charge < -0.3 is 5.11 Å². The molecule has 0 aliphatic rings. The summed E-state index contributed by atoms with van der Waals surface area (Å²) in [7, 11) is -3.34. The molecular weight excluding hydrogens is 409 g/mol. The van der Waals surface area contributed by atoms with Crippen molar-refractivity contribution in [3.63, 3.8) is 0 Å². The highest BCUT2D eigenvalue weighted by molar-refractivity contribution is 7.92. The zero-order valence-corrected chi connectivity index (χ0v) is 16.7. The molecule has 0 spiro atoms. The number of benzene rings is 2. The summed E-state index contributed by atoms with van der Waals surface area (Å²) < 4.78 is 40.4. The fourth-order valence-corrected chi connectivity index (χ4v) is 3.53. The first kappa shape index (κ1) is 21.0. The fraction of sp³-hybridized carbons (Fsp3) is 0.0476. The third-order valence-corrected chi connectivity index (χ3v) is 4.76. The summed E-state index contributed by atoms with van der Waals surface area (Å²) in [6, 6.07) is 17.3. The molecule has 0 aliphatic heterocycles. The Morgan fingerprint density at radius 3 is 2.40 bits per heavy atom. The monoisotopic (exact) mass is 427 g/mol. The van der Waals surface area contributed by atoms with Gasteiger partial charge in [-0.05, 0) is 47.5 Å². The Hall–Kier alpha value is -3.72. The lowest BCUT2D eigenvalue weighted by Gasteiger charge is -2.08. The summed E-state index contributed by atoms with van der Waals surface area (Å²) in [5.74, 6) is -0.273. The molecule has 154 valence electrons. The number of anilines is 1. The van der Waals surface area contributed by atoms with Gasteiger partial charge in [0, 0.05) is 17.4 Å². The van der Waals surface area contributed by atoms with Gasteiger partial charge in [0.1, 0.15) is 11.5 Å². The second-order valence-electron chi connectivity index (χ2n) is 6.35. The third kappa shape index (κ3) is 5.00. The van der Waals surface area contributed by atoms with Crippen molar-refractivity contribution < 1.29 is 22.7 Å². The number of sulfonamides is 1. The zero-order chi connectivity index (χ0) is 21.7. The van der Waals surface area contributed by atoms with Crippen molar-refractivity contribution in [3.05, 3.63) is 78.9 Å². The van der Waals surface area contributed by atoms with E-state index in [1.165, 1.54) is 12.1 Å². The van der Waals surface area contributed by atoms with Gasteiger partial charge in [-0.15, -0.1) is 0 Å². The second-order valence-corrected chi connectivity index (χ2v) is 8.10. The lowest BCUT2D eigenvalue weighted by molar-refractivity contribution is -0.122. The minimum atomic E-state index is -3.34. The van der Waals surface area contributed by atoms with Gasteiger partial charge >= 0.3 is 0 Å². The van der Waals surface area contributed by atoms with E-state index in [0.717, 1.165) is 34.3 Å². The van der Waals surface area contributed by atoms with Crippen LogP contribution in [0.4, 0.5) is 10.1 Å². The zero-order valence-electron chi connectivity index (χ0n) is 15.9. The second kappa shape index (κ2) is 8.75. The standard InChI is InChI=1S/C20H16FN3O2S.CH2O2/c1-27(25,26)23-18-4-2-3-16(11-18)19-13-22-20-12-15(9-10-24(19)20)14-5-7-17(21)8-6-14;2-1-3/h2-13,23H,1H3;1H,(H,2,3). The third-order valence-electron chi connectivity index (χ3n) is 4.15. The van der Waals surface area contributed by atoms with Gasteiger partial charge in [0.25, 0.3) is 6.47 Å². The molecule has 4 aromatic rings. The van der Waals surface area contributed by atoms with Gasteiger partial charge in [0.15, 0.2) is 0 Å². The number of fused-ring (bicyclic) bond motifs is 1. The molecule has 2 heterocycles. The van der Waals surface area contributed by atoms with Crippen molar-refractivity contribution in [1.82, 2.24) is 9.38 Å². The van der Waals surface area contributed by atoms with Crippen LogP contribution in [0, 0.1) is 5.82 Å². The van der Waals surface area contributed by atoms with Crippen molar-refractivity contribution in [2.45, 2.75) is 0 Å². The van der Waals surface area contributed by atoms with E-state index < -0.39 is 10.0 Å². The van der Waals surface area contributed by atoms with Crippen molar-refractivity contribution in [2.75, 3.05) is 11.0 Å². The Labute approximate surface area is 172 Å². The predicted octanol–water partition coefficient (Wildman–Crippen LogP) is 3.88. The minimum absolute atomic E-state index is 0.250. The molecule has 4 rings (SSSR count). The lowest BCUT2D eigenvalue weighted by Crippen LogP contribution is -2.09. The Bertz CT molecular complexity index is 1290. The molecule has 0 aliphatic carbocycles. The molecule has 2 N–H and O–H groups in total. The molecule has 0 bridgehead atoms. The Balaban J connectivity index is 0.000000806. The highest BCUT2D eigenvalue weighted by Crippen LogP contribution is 2.27. The Morgan fingerprint density at radius 1 is 1.03 bits per heavy atom. The predicted molar refractivity (Wildman–Crippen MR) is 113 cm³/mol. The van der Waals surface area contributed by atoms with E-state index in [1.807, 2.05) is 28.8 Å². The number of nitrogens with one attached hydrogen (secondary N) is 1. The van der Waals surface area contributed by atoms with E-state index in [1.54, 1.807) is 36.5 Å². The first-order valence-electron chi connectivity index (χ1n) is 8.70. The lowest BCUT2D eigenvalue weighted by atomic mass is 10.1. The highest BCUT2D eigenvalue weighted by Gasteiger charge is 2.09. The maximum absolute atomic E-state index is 13.1. The van der Waals surface area contributed by atoms with Gasteiger partial charge in [-0.2, -0.15) is 0 Å². The summed E-state index contributed by atoms with van der Waals surface area (Å²) in [6.07, 6.45) is 4.75. The van der Waals surface area contributed by atoms with E-state index in [0.29, 0.717) is 5.69 Å². The molecule has 0 saturated carbocycles. The number of hydrogen-bond acceptors (Lipinski definition) is 4. The number of nitrogens with zero attached hydrogens (tertiary/aromatic N) is 2. The maximum Gasteiger partial charge on any atom is 0.290 e. The number of aromatic nitrogens is 2. The van der Waals surface area contributed by atoms with Crippen LogP contribution in [-0.4, -0.2) is 35.6 Å². The number of rotatable bonds is 4. The average molecular weight is 427 g/mol. The van der Waals surface area contributed by atoms with Gasteiger partial charge in [-0.1, -0.05) is 24.3 Å². The fourth-order valence-electron chi connectivity index (χ4n) is 2.97. The van der Waals surface area contributed by atoms with E-state index in [9.17, 15) is 12.8 Å². The number of halogens is 1. The molecule has 2 aromatic heterocycles. The minimum Gasteiger partial charge on any atom is -0.483 e. The topological polar surface area (TPSA) is 101 Å². The summed E-state index contributed by atoms with van der Waals surface area (Å²) >= 11 is 0. The molecule has 0 unspecified atom stereocenters. The molecule has 0 radical (unpaired) electrons. The summed E-state index contributed by atoms with van der Waals surface area (Å²) in [6.45, 7) is -0.250. The van der Waals surface area contributed by atoms with Crippen LogP contribution < -0.4 is 4.72 Å². The van der Waals surface area contributed by atoms with Gasteiger partial charge in [0.05, 0.1) is 18.1 Å². The molecule has 0 amide bonds. The number of hydrogen-bond donors (Lipinski definition) is 2. The molecule has 0 atom stereocenters. The molecule has 2 aromatic carbocycles. The van der Waals surface area contributed by atoms with E-state index in [4.69, 9.17) is 9.90 Å². The Morgan fingerprint density at radius 2 is 1.73 bits per heavy atom. The van der Waals surface area contributed by atoms with Gasteiger partial charge in [-0.3, -0.25) is 13.9 Å². The normalized spacial score (nSPS) is 10.9. The van der Waals surface area contributed by atoms with Crippen LogP contribution in [0.2, 0.25) is 0 Å². The average Bonchev–Trinajstić information content (AvgIpc) is 3.11. The first-order chi connectivity index (χ1) is 14.3. The van der Waals surface area contributed by atoms with Gasteiger partial charge in [0.2, 0.25) is 10.0 Å². The SMILES string of the molecule is CS(=O)(=O)Nc1cccc(-c2cnc3cc(-c4ccc(F)cc4)ccn23)c1.O=CO. The van der Waals surface area contributed by atoms with Crippen LogP contribution in [0.1, 0.15) is 0 Å². The summed E-state index contributed by atoms with van der Waals surface area (Å²) in [5.41, 5.74) is 4.76. The van der Waals surface area contributed by atoms with E-state index in [2.05, 4.69) is 9.71 Å². The molecule has 0 saturated heterocycles. The quantitative estimate of drug-likeness (QED) is 0.482. The van der Waals surface area contributed by atoms with Crippen LogP contribution >= 0.6 is 0 Å². The summed E-state index contributed by atoms with van der Waals surface area (Å²) in [5, 5.41) is 6.89. The molecule has 30 heavy (non-hydrogen) atoms. The molecule has 9 heteroatoms. The van der Waals surface area contributed by atoms with Crippen LogP contribution in [-0.2, 0) is 14.8 Å². The highest BCUT2D eigenvalue weighted by atomic mass is 32.2. The van der Waals surface area contributed by atoms with Crippen LogP contribution in [0.25, 0.3) is 28.0 Å². The van der Waals surface area contributed by atoms with E-state index >= 15 is 0 Å². The molecule has 0 fully saturated rings.